The topological polar surface area (TPSA) is 51.0 Å². The third kappa shape index (κ3) is 3.58. The lowest BCUT2D eigenvalue weighted by Crippen LogP contribution is -1.94. The highest BCUT2D eigenvalue weighted by molar-refractivity contribution is 6.07. The smallest absolute Gasteiger partial charge is 0.159 e. The second-order valence-electron chi connectivity index (χ2n) is 5.73. The predicted molar refractivity (Wildman–Crippen MR) is 101 cm³/mol. The van der Waals surface area contributed by atoms with Crippen LogP contribution in [0.4, 0.5) is 0 Å². The third-order valence-electron chi connectivity index (χ3n) is 3.96. The number of allylic oxidation sites excluding steroid dienone is 2. The van der Waals surface area contributed by atoms with Gasteiger partial charge in [-0.05, 0) is 23.3 Å². The second-order valence-corrected chi connectivity index (χ2v) is 5.73. The van der Waals surface area contributed by atoms with Crippen molar-refractivity contribution in [3.05, 3.63) is 90.7 Å². The average molecular weight is 324 g/mol. The highest BCUT2D eigenvalue weighted by atomic mass is 14.9. The van der Waals surface area contributed by atoms with Gasteiger partial charge in [-0.1, -0.05) is 42.5 Å². The Morgan fingerprint density at radius 1 is 0.800 bits per heavy atom. The molecule has 4 rings (SSSR count). The zero-order valence-corrected chi connectivity index (χ0v) is 13.6. The lowest BCUT2D eigenvalue weighted by molar-refractivity contribution is 1.16. The summed E-state index contributed by atoms with van der Waals surface area (Å²) in [4.78, 5) is 17.6. The number of hydrogen-bond donors (Lipinski definition) is 0. The number of pyridine rings is 1. The molecule has 1 aliphatic heterocycles. The molecule has 0 unspecified atom stereocenters. The van der Waals surface area contributed by atoms with E-state index in [0.29, 0.717) is 0 Å². The summed E-state index contributed by atoms with van der Waals surface area (Å²) in [5.74, 6) is 0.737. The number of rotatable bonds is 4. The molecule has 1 aromatic carbocycles. The molecular weight excluding hydrogens is 308 g/mol. The van der Waals surface area contributed by atoms with Gasteiger partial charge in [0, 0.05) is 54.2 Å². The zero-order chi connectivity index (χ0) is 16.9. The molecule has 0 N–H and O–H groups in total. The summed E-state index contributed by atoms with van der Waals surface area (Å²) >= 11 is 0. The number of hydrogen-bond acceptors (Lipinski definition) is 4. The van der Waals surface area contributed by atoms with Crippen LogP contribution in [-0.4, -0.2) is 20.7 Å². The van der Waals surface area contributed by atoms with E-state index in [4.69, 9.17) is 0 Å². The Kier molecular flexibility index (Phi) is 4.25. The van der Waals surface area contributed by atoms with Crippen molar-refractivity contribution >= 4 is 17.4 Å². The van der Waals surface area contributed by atoms with Crippen LogP contribution in [0.25, 0.3) is 23.0 Å². The van der Waals surface area contributed by atoms with Gasteiger partial charge in [0.15, 0.2) is 5.82 Å². The van der Waals surface area contributed by atoms with Crippen molar-refractivity contribution in [2.24, 2.45) is 4.99 Å². The van der Waals surface area contributed by atoms with Gasteiger partial charge in [-0.25, -0.2) is 9.97 Å². The minimum atomic E-state index is 0.737. The van der Waals surface area contributed by atoms with E-state index in [1.165, 1.54) is 0 Å². The highest BCUT2D eigenvalue weighted by Gasteiger charge is 2.11. The van der Waals surface area contributed by atoms with Crippen molar-refractivity contribution < 1.29 is 0 Å². The zero-order valence-electron chi connectivity index (χ0n) is 13.6. The van der Waals surface area contributed by atoms with Crippen LogP contribution in [0.5, 0.6) is 0 Å². The predicted octanol–water partition coefficient (Wildman–Crippen LogP) is 4.44. The number of aromatic nitrogens is 3. The minimum absolute atomic E-state index is 0.737. The Morgan fingerprint density at radius 2 is 1.64 bits per heavy atom. The normalized spacial score (nSPS) is 13.8. The molecule has 0 aliphatic carbocycles. The van der Waals surface area contributed by atoms with Crippen molar-refractivity contribution in [1.29, 1.82) is 0 Å². The van der Waals surface area contributed by atoms with Crippen LogP contribution in [0, 0.1) is 0 Å². The Bertz CT molecular complexity index is 940. The van der Waals surface area contributed by atoms with Gasteiger partial charge in [-0.3, -0.25) is 9.98 Å². The van der Waals surface area contributed by atoms with Crippen LogP contribution in [-0.2, 0) is 0 Å². The Balaban J connectivity index is 1.43. The van der Waals surface area contributed by atoms with Gasteiger partial charge in [-0.15, -0.1) is 0 Å². The molecule has 3 heterocycles. The summed E-state index contributed by atoms with van der Waals surface area (Å²) in [6, 6.07) is 13.9. The molecule has 0 saturated carbocycles. The van der Waals surface area contributed by atoms with Crippen LogP contribution in [0.1, 0.15) is 17.5 Å². The lowest BCUT2D eigenvalue weighted by Gasteiger charge is -2.03. The maximum atomic E-state index is 4.48. The maximum Gasteiger partial charge on any atom is 0.159 e. The van der Waals surface area contributed by atoms with E-state index in [0.717, 1.165) is 40.2 Å². The van der Waals surface area contributed by atoms with Gasteiger partial charge < -0.3 is 0 Å². The standard InChI is InChI=1S/C21H16N4/c1-2-6-17(7-3-1)21-24-14-19(15-25-21)18-11-20(23-13-18)9-8-16-5-4-10-22-12-16/h1-10,12-15H,11H2/b9-8+. The summed E-state index contributed by atoms with van der Waals surface area (Å²) in [5.41, 5.74) is 5.24. The van der Waals surface area contributed by atoms with Crippen molar-refractivity contribution in [2.45, 2.75) is 6.42 Å². The summed E-state index contributed by atoms with van der Waals surface area (Å²) in [7, 11) is 0. The fraction of sp³-hybridized carbons (Fsp3) is 0.0476. The second kappa shape index (κ2) is 7.01. The van der Waals surface area contributed by atoms with Crippen LogP contribution in [0.3, 0.4) is 0 Å². The van der Waals surface area contributed by atoms with Gasteiger partial charge in [0.2, 0.25) is 0 Å². The molecule has 1 aliphatic rings. The molecule has 2 aromatic heterocycles. The molecule has 0 radical (unpaired) electrons. The molecule has 0 atom stereocenters. The highest BCUT2D eigenvalue weighted by Crippen LogP contribution is 2.24. The molecule has 0 saturated heterocycles. The van der Waals surface area contributed by atoms with Crippen LogP contribution in [0.15, 0.2) is 84.5 Å². The molecule has 0 fully saturated rings. The first-order chi connectivity index (χ1) is 12.4. The molecule has 0 bridgehead atoms. The maximum absolute atomic E-state index is 4.48. The van der Waals surface area contributed by atoms with Gasteiger partial charge in [0.1, 0.15) is 0 Å². The van der Waals surface area contributed by atoms with Crippen molar-refractivity contribution in [2.75, 3.05) is 0 Å². The monoisotopic (exact) mass is 324 g/mol. The van der Waals surface area contributed by atoms with E-state index in [1.54, 1.807) is 6.20 Å². The average Bonchev–Trinajstić information content (AvgIpc) is 3.17. The first-order valence-electron chi connectivity index (χ1n) is 8.10. The summed E-state index contributed by atoms with van der Waals surface area (Å²) in [6.07, 6.45) is 14.1. The number of aliphatic imine (C=N–C) groups is 1. The van der Waals surface area contributed by atoms with Gasteiger partial charge >= 0.3 is 0 Å². The third-order valence-corrected chi connectivity index (χ3v) is 3.96. The quantitative estimate of drug-likeness (QED) is 0.713. The Hall–Kier alpha value is -3.40. The van der Waals surface area contributed by atoms with Crippen LogP contribution >= 0.6 is 0 Å². The van der Waals surface area contributed by atoms with Crippen molar-refractivity contribution in [1.82, 2.24) is 15.0 Å². The molecule has 120 valence electrons. The van der Waals surface area contributed by atoms with E-state index in [2.05, 4.69) is 19.9 Å². The van der Waals surface area contributed by atoms with Crippen molar-refractivity contribution in [3.8, 4) is 11.4 Å². The Labute approximate surface area is 146 Å². The number of benzene rings is 1. The largest absolute Gasteiger partial charge is 0.264 e. The molecular formula is C21H16N4. The van der Waals surface area contributed by atoms with E-state index in [9.17, 15) is 0 Å². The molecule has 4 heteroatoms. The van der Waals surface area contributed by atoms with Crippen molar-refractivity contribution in [3.63, 3.8) is 0 Å². The molecule has 3 aromatic rings. The van der Waals surface area contributed by atoms with Gasteiger partial charge in [0.05, 0.1) is 0 Å². The van der Waals surface area contributed by atoms with Crippen LogP contribution < -0.4 is 0 Å². The number of nitrogens with zero attached hydrogens (tertiary/aromatic N) is 4. The fourth-order valence-electron chi connectivity index (χ4n) is 2.62. The first kappa shape index (κ1) is 15.1. The Morgan fingerprint density at radius 3 is 2.40 bits per heavy atom. The van der Waals surface area contributed by atoms with E-state index >= 15 is 0 Å². The summed E-state index contributed by atoms with van der Waals surface area (Å²) in [6.45, 7) is 0. The minimum Gasteiger partial charge on any atom is -0.264 e. The lowest BCUT2D eigenvalue weighted by atomic mass is 10.1. The fourth-order valence-corrected chi connectivity index (χ4v) is 2.62. The molecule has 4 nitrogen and oxygen atoms in total. The first-order valence-corrected chi connectivity index (χ1v) is 8.10. The van der Waals surface area contributed by atoms with Crippen LogP contribution in [0.2, 0.25) is 0 Å². The molecule has 0 spiro atoms. The van der Waals surface area contributed by atoms with Gasteiger partial charge in [0.25, 0.3) is 0 Å². The van der Waals surface area contributed by atoms with Gasteiger partial charge in [-0.2, -0.15) is 0 Å². The SMILES string of the molecule is C1=C(c2cnc(-c3ccccc3)nc2)CC(/C=C/c2cccnc2)=N1. The van der Waals surface area contributed by atoms with E-state index in [1.807, 2.05) is 79.4 Å². The van der Waals surface area contributed by atoms with E-state index < -0.39 is 0 Å². The molecule has 25 heavy (non-hydrogen) atoms. The summed E-state index contributed by atoms with van der Waals surface area (Å²) < 4.78 is 0. The summed E-state index contributed by atoms with van der Waals surface area (Å²) in [5, 5.41) is 0. The van der Waals surface area contributed by atoms with E-state index in [-0.39, 0.29) is 0 Å². The molecule has 0 amide bonds.